The molecule has 3 heterocycles. The molecular formula is C28H27F4N5O3. The predicted molar refractivity (Wildman–Crippen MR) is 137 cm³/mol. The summed E-state index contributed by atoms with van der Waals surface area (Å²) >= 11 is 0. The summed E-state index contributed by atoms with van der Waals surface area (Å²) < 4.78 is 61.5. The number of halogens is 4. The normalized spacial score (nSPS) is 13.9. The molecule has 0 aliphatic heterocycles. The SMILES string of the molecule is CCCc1ccnc(-c2nc3nc(C(=O)O)nc(OCCC4CCC4)c3n2Cc2ccc(C(F)(F)F)c(F)c2)c1. The Hall–Kier alpha value is -4.09. The minimum atomic E-state index is -4.83. The van der Waals surface area contributed by atoms with Gasteiger partial charge in [0.1, 0.15) is 11.5 Å². The molecule has 0 bridgehead atoms. The molecule has 12 heteroatoms. The van der Waals surface area contributed by atoms with Crippen LogP contribution in [0.3, 0.4) is 0 Å². The van der Waals surface area contributed by atoms with Gasteiger partial charge >= 0.3 is 12.1 Å². The van der Waals surface area contributed by atoms with Crippen molar-refractivity contribution in [2.75, 3.05) is 6.61 Å². The summed E-state index contributed by atoms with van der Waals surface area (Å²) in [5.41, 5.74) is 0.552. The summed E-state index contributed by atoms with van der Waals surface area (Å²) in [7, 11) is 0. The highest BCUT2D eigenvalue weighted by molar-refractivity contribution is 5.88. The Kier molecular flexibility index (Phi) is 7.68. The van der Waals surface area contributed by atoms with Crippen LogP contribution in [0.1, 0.15) is 66.3 Å². The van der Waals surface area contributed by atoms with Crippen molar-refractivity contribution in [3.63, 3.8) is 0 Å². The number of carboxylic acids is 1. The van der Waals surface area contributed by atoms with Crippen LogP contribution in [0.5, 0.6) is 5.88 Å². The first-order valence-corrected chi connectivity index (χ1v) is 13.1. The number of pyridine rings is 1. The zero-order valence-electron chi connectivity index (χ0n) is 21.7. The number of imidazole rings is 1. The molecule has 5 rings (SSSR count). The van der Waals surface area contributed by atoms with E-state index < -0.39 is 29.4 Å². The topological polar surface area (TPSA) is 103 Å². The number of nitrogens with zero attached hydrogens (tertiary/aromatic N) is 5. The maximum Gasteiger partial charge on any atom is 0.419 e. The van der Waals surface area contributed by atoms with Crippen molar-refractivity contribution >= 4 is 17.1 Å². The van der Waals surface area contributed by atoms with Crippen molar-refractivity contribution in [1.82, 2.24) is 24.5 Å². The van der Waals surface area contributed by atoms with E-state index in [-0.39, 0.29) is 41.6 Å². The fraction of sp³-hybridized carbons (Fsp3) is 0.393. The Balaban J connectivity index is 1.65. The van der Waals surface area contributed by atoms with E-state index in [1.807, 2.05) is 19.1 Å². The molecule has 0 radical (unpaired) electrons. The number of carboxylic acid groups (broad SMARTS) is 1. The highest BCUT2D eigenvalue weighted by Crippen LogP contribution is 2.34. The van der Waals surface area contributed by atoms with E-state index in [1.165, 1.54) is 6.07 Å². The van der Waals surface area contributed by atoms with Crippen LogP contribution in [0.4, 0.5) is 17.6 Å². The van der Waals surface area contributed by atoms with Crippen LogP contribution < -0.4 is 4.74 Å². The van der Waals surface area contributed by atoms with E-state index in [4.69, 9.17) is 4.74 Å². The molecule has 1 aromatic carbocycles. The van der Waals surface area contributed by atoms with Gasteiger partial charge in [0.2, 0.25) is 11.7 Å². The lowest BCUT2D eigenvalue weighted by Gasteiger charge is -2.24. The zero-order valence-corrected chi connectivity index (χ0v) is 21.7. The second kappa shape index (κ2) is 11.2. The van der Waals surface area contributed by atoms with E-state index in [0.717, 1.165) is 50.2 Å². The molecule has 1 aliphatic carbocycles. The van der Waals surface area contributed by atoms with Crippen LogP contribution >= 0.6 is 0 Å². The van der Waals surface area contributed by atoms with E-state index in [2.05, 4.69) is 19.9 Å². The van der Waals surface area contributed by atoms with E-state index in [0.29, 0.717) is 17.7 Å². The molecule has 0 spiro atoms. The molecule has 0 atom stereocenters. The number of fused-ring (bicyclic) bond motifs is 1. The van der Waals surface area contributed by atoms with Gasteiger partial charge in [0, 0.05) is 6.20 Å². The number of hydrogen-bond donors (Lipinski definition) is 1. The first kappa shape index (κ1) is 27.5. The Morgan fingerprint density at radius 1 is 1.12 bits per heavy atom. The standard InChI is InChI=1S/C28H27F4N5O3/c1-2-4-17-9-11-33-21(14-17)25-35-23-22(37(25)15-18-7-8-19(20(29)13-18)28(30,31)32)26(36-24(34-23)27(38)39)40-12-10-16-5-3-6-16/h7-9,11,13-14,16H,2-6,10,12,15H2,1H3,(H,38,39). The molecule has 3 aromatic heterocycles. The number of aryl methyl sites for hydroxylation is 1. The first-order chi connectivity index (χ1) is 19.1. The van der Waals surface area contributed by atoms with Gasteiger partial charge in [-0.3, -0.25) is 4.98 Å². The molecule has 4 aromatic rings. The van der Waals surface area contributed by atoms with Crippen LogP contribution in [-0.2, 0) is 19.1 Å². The van der Waals surface area contributed by atoms with E-state index in [1.54, 1.807) is 10.8 Å². The lowest BCUT2D eigenvalue weighted by atomic mass is 9.83. The average molecular weight is 558 g/mol. The lowest BCUT2D eigenvalue weighted by molar-refractivity contribution is -0.140. The summed E-state index contributed by atoms with van der Waals surface area (Å²) in [6.07, 6.45) is 2.58. The summed E-state index contributed by atoms with van der Waals surface area (Å²) in [5, 5.41) is 9.61. The first-order valence-electron chi connectivity index (χ1n) is 13.1. The van der Waals surface area contributed by atoms with Crippen LogP contribution in [0.2, 0.25) is 0 Å². The van der Waals surface area contributed by atoms with Gasteiger partial charge in [0.25, 0.3) is 0 Å². The Labute approximate surface area is 227 Å². The molecule has 40 heavy (non-hydrogen) atoms. The number of rotatable bonds is 10. The van der Waals surface area contributed by atoms with Gasteiger partial charge in [-0.25, -0.2) is 19.2 Å². The third-order valence-electron chi connectivity index (χ3n) is 7.02. The second-order valence-corrected chi connectivity index (χ2v) is 9.90. The Morgan fingerprint density at radius 3 is 2.58 bits per heavy atom. The van der Waals surface area contributed by atoms with Crippen LogP contribution in [-0.4, -0.2) is 42.2 Å². The number of aromatic carboxylic acids is 1. The third kappa shape index (κ3) is 5.75. The van der Waals surface area contributed by atoms with Crippen molar-refractivity contribution in [2.24, 2.45) is 5.92 Å². The van der Waals surface area contributed by atoms with Gasteiger partial charge in [-0.1, -0.05) is 38.7 Å². The smallest absolute Gasteiger partial charge is 0.419 e. The van der Waals surface area contributed by atoms with Crippen LogP contribution in [0.25, 0.3) is 22.7 Å². The fourth-order valence-corrected chi connectivity index (χ4v) is 4.76. The molecule has 0 unspecified atom stereocenters. The number of ether oxygens (including phenoxy) is 1. The van der Waals surface area contributed by atoms with Crippen molar-refractivity contribution in [2.45, 2.75) is 58.2 Å². The van der Waals surface area contributed by atoms with E-state index >= 15 is 0 Å². The van der Waals surface area contributed by atoms with Gasteiger partial charge in [0.15, 0.2) is 17.0 Å². The minimum absolute atomic E-state index is 0.0161. The zero-order chi connectivity index (χ0) is 28.4. The molecule has 1 aliphatic rings. The highest BCUT2D eigenvalue weighted by atomic mass is 19.4. The molecule has 1 fully saturated rings. The summed E-state index contributed by atoms with van der Waals surface area (Å²) in [6, 6.07) is 6.40. The van der Waals surface area contributed by atoms with Crippen LogP contribution in [0.15, 0.2) is 36.5 Å². The monoisotopic (exact) mass is 557 g/mol. The Bertz CT molecular complexity index is 1550. The van der Waals surface area contributed by atoms with Crippen LogP contribution in [0, 0.1) is 11.7 Å². The minimum Gasteiger partial charge on any atom is -0.476 e. The molecule has 0 saturated heterocycles. The van der Waals surface area contributed by atoms with Crippen molar-refractivity contribution < 1.29 is 32.2 Å². The van der Waals surface area contributed by atoms with Crippen molar-refractivity contribution in [3.8, 4) is 17.4 Å². The van der Waals surface area contributed by atoms with Gasteiger partial charge in [-0.05, 0) is 54.2 Å². The van der Waals surface area contributed by atoms with Crippen molar-refractivity contribution in [3.05, 3.63) is 64.9 Å². The second-order valence-electron chi connectivity index (χ2n) is 9.90. The van der Waals surface area contributed by atoms with Gasteiger partial charge < -0.3 is 14.4 Å². The summed E-state index contributed by atoms with van der Waals surface area (Å²) in [6.45, 7) is 2.20. The Morgan fingerprint density at radius 2 is 1.93 bits per heavy atom. The highest BCUT2D eigenvalue weighted by Gasteiger charge is 2.34. The summed E-state index contributed by atoms with van der Waals surface area (Å²) in [4.78, 5) is 29.0. The third-order valence-corrected chi connectivity index (χ3v) is 7.02. The lowest BCUT2D eigenvalue weighted by Crippen LogP contribution is -2.16. The maximum atomic E-state index is 14.5. The number of carbonyl (C=O) groups is 1. The van der Waals surface area contributed by atoms with Crippen molar-refractivity contribution in [1.29, 1.82) is 0 Å². The molecule has 1 saturated carbocycles. The molecule has 0 amide bonds. The largest absolute Gasteiger partial charge is 0.476 e. The van der Waals surface area contributed by atoms with Gasteiger partial charge in [-0.2, -0.15) is 18.2 Å². The maximum absolute atomic E-state index is 14.5. The fourth-order valence-electron chi connectivity index (χ4n) is 4.76. The van der Waals surface area contributed by atoms with Gasteiger partial charge in [-0.15, -0.1) is 0 Å². The molecule has 210 valence electrons. The number of aromatic nitrogens is 5. The average Bonchev–Trinajstić information content (AvgIpc) is 3.23. The quantitative estimate of drug-likeness (QED) is 0.228. The summed E-state index contributed by atoms with van der Waals surface area (Å²) in [5.74, 6) is -2.49. The molecular weight excluding hydrogens is 530 g/mol. The molecule has 1 N–H and O–H groups in total. The van der Waals surface area contributed by atoms with Gasteiger partial charge in [0.05, 0.1) is 18.7 Å². The predicted octanol–water partition coefficient (Wildman–Crippen LogP) is 6.31. The number of benzene rings is 1. The number of hydrogen-bond acceptors (Lipinski definition) is 6. The molecule has 8 nitrogen and oxygen atoms in total. The van der Waals surface area contributed by atoms with E-state index in [9.17, 15) is 27.5 Å². The number of alkyl halides is 3.